The molecular weight excluding hydrogens is 382 g/mol. The van der Waals surface area contributed by atoms with Gasteiger partial charge in [-0.3, -0.25) is 0 Å². The van der Waals surface area contributed by atoms with Crippen LogP contribution in [0.4, 0.5) is 10.8 Å². The van der Waals surface area contributed by atoms with Crippen LogP contribution in [0.5, 0.6) is 0 Å². The molecule has 3 nitrogen and oxygen atoms in total. The molecule has 118 valence electrons. The van der Waals surface area contributed by atoms with E-state index in [0.717, 1.165) is 26.5 Å². The molecule has 0 radical (unpaired) electrons. The number of thiazole rings is 1. The van der Waals surface area contributed by atoms with Crippen LogP contribution < -0.4 is 5.32 Å². The van der Waals surface area contributed by atoms with E-state index in [1.165, 1.54) is 11.1 Å². The van der Waals surface area contributed by atoms with Gasteiger partial charge in [0.05, 0.1) is 5.69 Å². The standard InChI is InChI=1S/C19H14BrN3S/c20-16-5-7-17(8-6-16)22-19-23-18(12-24-19)14-3-1-13(2-4-14)15-9-10-21-11-15/h1-12,21H,(H,22,23). The second-order valence-corrected chi connectivity index (χ2v) is 7.12. The van der Waals surface area contributed by atoms with Crippen molar-refractivity contribution in [1.82, 2.24) is 9.97 Å². The Morgan fingerprint density at radius 3 is 2.33 bits per heavy atom. The van der Waals surface area contributed by atoms with Crippen molar-refractivity contribution in [3.05, 3.63) is 76.8 Å². The number of hydrogen-bond acceptors (Lipinski definition) is 3. The average Bonchev–Trinajstić information content (AvgIpc) is 3.29. The van der Waals surface area contributed by atoms with Gasteiger partial charge in [-0.2, -0.15) is 0 Å². The summed E-state index contributed by atoms with van der Waals surface area (Å²) >= 11 is 5.05. The minimum atomic E-state index is 0.891. The molecule has 4 rings (SSSR count). The molecule has 0 aliphatic rings. The van der Waals surface area contributed by atoms with E-state index >= 15 is 0 Å². The fraction of sp³-hybridized carbons (Fsp3) is 0. The molecule has 4 aromatic rings. The maximum Gasteiger partial charge on any atom is 0.187 e. The Kier molecular flexibility index (Phi) is 4.19. The lowest BCUT2D eigenvalue weighted by Gasteiger charge is -2.02. The van der Waals surface area contributed by atoms with E-state index in [0.29, 0.717) is 0 Å². The van der Waals surface area contributed by atoms with Gasteiger partial charge in [0.25, 0.3) is 0 Å². The summed E-state index contributed by atoms with van der Waals surface area (Å²) in [6, 6.07) is 18.6. The number of aromatic nitrogens is 2. The predicted octanol–water partition coefficient (Wildman–Crippen LogP) is 6.31. The number of nitrogens with one attached hydrogen (secondary N) is 2. The Labute approximate surface area is 152 Å². The Bertz CT molecular complexity index is 926. The van der Waals surface area contributed by atoms with E-state index in [1.807, 2.05) is 36.7 Å². The summed E-state index contributed by atoms with van der Waals surface area (Å²) in [5.74, 6) is 0. The van der Waals surface area contributed by atoms with Gasteiger partial charge in [0.15, 0.2) is 5.13 Å². The minimum Gasteiger partial charge on any atom is -0.367 e. The summed E-state index contributed by atoms with van der Waals surface area (Å²) < 4.78 is 1.07. The number of hydrogen-bond donors (Lipinski definition) is 2. The number of benzene rings is 2. The van der Waals surface area contributed by atoms with Crippen LogP contribution in [0.3, 0.4) is 0 Å². The molecule has 0 spiro atoms. The van der Waals surface area contributed by atoms with Crippen LogP contribution >= 0.6 is 27.3 Å². The second kappa shape index (κ2) is 6.63. The first-order valence-corrected chi connectivity index (χ1v) is 9.17. The summed E-state index contributed by atoms with van der Waals surface area (Å²) in [7, 11) is 0. The van der Waals surface area contributed by atoms with Gasteiger partial charge in [0.1, 0.15) is 0 Å². The van der Waals surface area contributed by atoms with Crippen molar-refractivity contribution in [2.24, 2.45) is 0 Å². The van der Waals surface area contributed by atoms with E-state index < -0.39 is 0 Å². The smallest absolute Gasteiger partial charge is 0.187 e. The Hall–Kier alpha value is -2.37. The summed E-state index contributed by atoms with van der Waals surface area (Å²) in [6.07, 6.45) is 3.93. The van der Waals surface area contributed by atoms with Crippen molar-refractivity contribution >= 4 is 38.1 Å². The third-order valence-electron chi connectivity index (χ3n) is 3.71. The quantitative estimate of drug-likeness (QED) is 0.424. The molecule has 0 aliphatic carbocycles. The molecule has 0 bridgehead atoms. The van der Waals surface area contributed by atoms with E-state index in [1.54, 1.807) is 11.3 Å². The van der Waals surface area contributed by atoms with Gasteiger partial charge in [0.2, 0.25) is 0 Å². The second-order valence-electron chi connectivity index (χ2n) is 5.35. The van der Waals surface area contributed by atoms with Gasteiger partial charge in [-0.25, -0.2) is 4.98 Å². The van der Waals surface area contributed by atoms with Gasteiger partial charge in [0, 0.05) is 33.5 Å². The van der Waals surface area contributed by atoms with Gasteiger partial charge >= 0.3 is 0 Å². The summed E-state index contributed by atoms with van der Waals surface area (Å²) in [4.78, 5) is 7.76. The minimum absolute atomic E-state index is 0.891. The van der Waals surface area contributed by atoms with Crippen molar-refractivity contribution in [2.45, 2.75) is 0 Å². The van der Waals surface area contributed by atoms with Crippen molar-refractivity contribution in [3.63, 3.8) is 0 Å². The molecule has 2 aromatic heterocycles. The van der Waals surface area contributed by atoms with Gasteiger partial charge < -0.3 is 10.3 Å². The number of anilines is 2. The average molecular weight is 396 g/mol. The van der Waals surface area contributed by atoms with Crippen LogP contribution in [0.1, 0.15) is 0 Å². The highest BCUT2D eigenvalue weighted by Crippen LogP contribution is 2.29. The lowest BCUT2D eigenvalue weighted by Crippen LogP contribution is -1.89. The molecule has 24 heavy (non-hydrogen) atoms. The normalized spacial score (nSPS) is 10.7. The summed E-state index contributed by atoms with van der Waals surface area (Å²) in [6.45, 7) is 0. The SMILES string of the molecule is Brc1ccc(Nc2nc(-c3ccc(-c4cc[nH]c4)cc3)cs2)cc1. The first-order chi connectivity index (χ1) is 11.8. The van der Waals surface area contributed by atoms with Crippen molar-refractivity contribution in [2.75, 3.05) is 5.32 Å². The molecule has 2 heterocycles. The fourth-order valence-corrected chi connectivity index (χ4v) is 3.46. The van der Waals surface area contributed by atoms with Crippen LogP contribution in [0.15, 0.2) is 76.8 Å². The van der Waals surface area contributed by atoms with Gasteiger partial charge in [-0.1, -0.05) is 40.2 Å². The zero-order chi connectivity index (χ0) is 16.4. The highest BCUT2D eigenvalue weighted by Gasteiger charge is 2.06. The predicted molar refractivity (Wildman–Crippen MR) is 105 cm³/mol. The molecule has 0 atom stereocenters. The number of aromatic amines is 1. The van der Waals surface area contributed by atoms with E-state index in [9.17, 15) is 0 Å². The first kappa shape index (κ1) is 15.2. The zero-order valence-corrected chi connectivity index (χ0v) is 15.1. The lowest BCUT2D eigenvalue weighted by atomic mass is 10.1. The van der Waals surface area contributed by atoms with E-state index in [4.69, 9.17) is 0 Å². The number of nitrogens with zero attached hydrogens (tertiary/aromatic N) is 1. The third-order valence-corrected chi connectivity index (χ3v) is 5.00. The van der Waals surface area contributed by atoms with Crippen molar-refractivity contribution in [3.8, 4) is 22.4 Å². The molecule has 0 fully saturated rings. The molecular formula is C19H14BrN3S. The molecule has 0 aliphatic heterocycles. The molecule has 5 heteroatoms. The Balaban J connectivity index is 1.53. The van der Waals surface area contributed by atoms with Gasteiger partial charge in [-0.05, 0) is 41.5 Å². The molecule has 2 aromatic carbocycles. The Morgan fingerprint density at radius 1 is 0.875 bits per heavy atom. The van der Waals surface area contributed by atoms with E-state index in [-0.39, 0.29) is 0 Å². The largest absolute Gasteiger partial charge is 0.367 e. The molecule has 0 saturated heterocycles. The highest BCUT2D eigenvalue weighted by molar-refractivity contribution is 9.10. The van der Waals surface area contributed by atoms with Gasteiger partial charge in [-0.15, -0.1) is 11.3 Å². The lowest BCUT2D eigenvalue weighted by molar-refractivity contribution is 1.38. The highest BCUT2D eigenvalue weighted by atomic mass is 79.9. The number of halogens is 1. The van der Waals surface area contributed by atoms with Crippen molar-refractivity contribution < 1.29 is 0 Å². The fourth-order valence-electron chi connectivity index (χ4n) is 2.46. The monoisotopic (exact) mass is 395 g/mol. The topological polar surface area (TPSA) is 40.7 Å². The van der Waals surface area contributed by atoms with E-state index in [2.05, 4.69) is 66.9 Å². The van der Waals surface area contributed by atoms with Crippen LogP contribution in [0, 0.1) is 0 Å². The van der Waals surface area contributed by atoms with Crippen LogP contribution in [0.2, 0.25) is 0 Å². The zero-order valence-electron chi connectivity index (χ0n) is 12.7. The van der Waals surface area contributed by atoms with Crippen LogP contribution in [-0.4, -0.2) is 9.97 Å². The molecule has 0 amide bonds. The first-order valence-electron chi connectivity index (χ1n) is 7.50. The van der Waals surface area contributed by atoms with Crippen LogP contribution in [0.25, 0.3) is 22.4 Å². The third kappa shape index (κ3) is 3.27. The summed E-state index contributed by atoms with van der Waals surface area (Å²) in [5, 5.41) is 6.30. The summed E-state index contributed by atoms with van der Waals surface area (Å²) in [5.41, 5.74) is 5.53. The number of rotatable bonds is 4. The number of H-pyrrole nitrogens is 1. The molecule has 2 N–H and O–H groups in total. The maximum absolute atomic E-state index is 4.68. The maximum atomic E-state index is 4.68. The Morgan fingerprint density at radius 2 is 1.62 bits per heavy atom. The van der Waals surface area contributed by atoms with Crippen LogP contribution in [-0.2, 0) is 0 Å². The van der Waals surface area contributed by atoms with Crippen molar-refractivity contribution in [1.29, 1.82) is 0 Å². The molecule has 0 unspecified atom stereocenters. The molecule has 0 saturated carbocycles.